The third-order valence-electron chi connectivity index (χ3n) is 3.27. The van der Waals surface area contributed by atoms with Gasteiger partial charge in [0.05, 0.1) is 6.21 Å². The molecule has 3 rings (SSSR count). The molecule has 0 aliphatic rings. The summed E-state index contributed by atoms with van der Waals surface area (Å²) < 4.78 is 0. The van der Waals surface area contributed by atoms with E-state index in [-0.39, 0.29) is 5.56 Å². The first-order valence-electron chi connectivity index (χ1n) is 7.23. The van der Waals surface area contributed by atoms with Crippen molar-refractivity contribution in [2.45, 2.75) is 6.92 Å². The van der Waals surface area contributed by atoms with E-state index in [1.54, 1.807) is 13.1 Å². The van der Waals surface area contributed by atoms with Crippen LogP contribution in [0.3, 0.4) is 0 Å². The molecule has 0 unspecified atom stereocenters. The molecule has 114 valence electrons. The monoisotopic (exact) mass is 304 g/mol. The quantitative estimate of drug-likeness (QED) is 0.574. The summed E-state index contributed by atoms with van der Waals surface area (Å²) in [6.45, 7) is 1.76. The van der Waals surface area contributed by atoms with Crippen molar-refractivity contribution >= 4 is 12.2 Å². The number of aromatic amines is 1. The fourth-order valence-electron chi connectivity index (χ4n) is 2.19. The van der Waals surface area contributed by atoms with E-state index in [0.29, 0.717) is 11.6 Å². The SMILES string of the molecule is Cc1cc(=O)[nH]c(N/N=C\c2ccc(-c3ccccc3)cc2)n1. The summed E-state index contributed by atoms with van der Waals surface area (Å²) in [6.07, 6.45) is 1.68. The van der Waals surface area contributed by atoms with Gasteiger partial charge in [0.25, 0.3) is 5.56 Å². The summed E-state index contributed by atoms with van der Waals surface area (Å²) in [5.41, 5.74) is 6.44. The second-order valence-electron chi connectivity index (χ2n) is 5.09. The molecule has 23 heavy (non-hydrogen) atoms. The van der Waals surface area contributed by atoms with Gasteiger partial charge in [0.1, 0.15) is 0 Å². The topological polar surface area (TPSA) is 70.1 Å². The summed E-state index contributed by atoms with van der Waals surface area (Å²) in [5.74, 6) is 0.326. The lowest BCUT2D eigenvalue weighted by molar-refractivity contribution is 1.04. The largest absolute Gasteiger partial charge is 0.291 e. The van der Waals surface area contributed by atoms with Crippen molar-refractivity contribution in [2.24, 2.45) is 5.10 Å². The van der Waals surface area contributed by atoms with Gasteiger partial charge in [-0.15, -0.1) is 0 Å². The number of rotatable bonds is 4. The van der Waals surface area contributed by atoms with E-state index in [4.69, 9.17) is 0 Å². The lowest BCUT2D eigenvalue weighted by Gasteiger charge is -2.02. The van der Waals surface area contributed by atoms with Crippen molar-refractivity contribution in [1.82, 2.24) is 9.97 Å². The second-order valence-corrected chi connectivity index (χ2v) is 5.09. The van der Waals surface area contributed by atoms with Gasteiger partial charge in [-0.25, -0.2) is 10.4 Å². The molecule has 0 fully saturated rings. The van der Waals surface area contributed by atoms with Gasteiger partial charge in [0, 0.05) is 11.8 Å². The molecule has 0 saturated carbocycles. The number of nitrogens with zero attached hydrogens (tertiary/aromatic N) is 2. The van der Waals surface area contributed by atoms with Crippen LogP contribution in [-0.4, -0.2) is 16.2 Å². The highest BCUT2D eigenvalue weighted by Gasteiger charge is 1.97. The van der Waals surface area contributed by atoms with Crippen molar-refractivity contribution in [2.75, 3.05) is 5.43 Å². The molecule has 0 atom stereocenters. The number of aryl methyl sites for hydroxylation is 1. The van der Waals surface area contributed by atoms with Crippen molar-refractivity contribution in [3.05, 3.63) is 82.3 Å². The van der Waals surface area contributed by atoms with Gasteiger partial charge >= 0.3 is 0 Å². The zero-order chi connectivity index (χ0) is 16.1. The van der Waals surface area contributed by atoms with Crippen LogP contribution in [0.25, 0.3) is 11.1 Å². The smallest absolute Gasteiger partial charge is 0.252 e. The van der Waals surface area contributed by atoms with Gasteiger partial charge in [-0.1, -0.05) is 54.6 Å². The van der Waals surface area contributed by atoms with Crippen LogP contribution >= 0.6 is 0 Å². The van der Waals surface area contributed by atoms with Crippen molar-refractivity contribution < 1.29 is 0 Å². The molecule has 3 aromatic rings. The predicted molar refractivity (Wildman–Crippen MR) is 92.7 cm³/mol. The Hall–Kier alpha value is -3.21. The number of hydrogen-bond acceptors (Lipinski definition) is 4. The number of benzene rings is 2. The molecular weight excluding hydrogens is 288 g/mol. The molecule has 5 nitrogen and oxygen atoms in total. The van der Waals surface area contributed by atoms with E-state index in [2.05, 4.69) is 32.6 Å². The first kappa shape index (κ1) is 14.7. The summed E-state index contributed by atoms with van der Waals surface area (Å²) in [7, 11) is 0. The van der Waals surface area contributed by atoms with Crippen LogP contribution in [-0.2, 0) is 0 Å². The summed E-state index contributed by atoms with van der Waals surface area (Å²) >= 11 is 0. The summed E-state index contributed by atoms with van der Waals surface area (Å²) in [4.78, 5) is 18.0. The van der Waals surface area contributed by atoms with Gasteiger partial charge in [0.15, 0.2) is 0 Å². The van der Waals surface area contributed by atoms with E-state index in [0.717, 1.165) is 11.1 Å². The maximum Gasteiger partial charge on any atom is 0.252 e. The lowest BCUT2D eigenvalue weighted by Crippen LogP contribution is -2.10. The number of H-pyrrole nitrogens is 1. The third-order valence-corrected chi connectivity index (χ3v) is 3.27. The number of nitrogens with one attached hydrogen (secondary N) is 2. The fraction of sp³-hybridized carbons (Fsp3) is 0.0556. The van der Waals surface area contributed by atoms with Crippen LogP contribution in [0.4, 0.5) is 5.95 Å². The molecule has 0 radical (unpaired) electrons. The third kappa shape index (κ3) is 3.91. The van der Waals surface area contributed by atoms with Gasteiger partial charge in [-0.3, -0.25) is 9.78 Å². The first-order chi connectivity index (χ1) is 11.2. The molecule has 1 heterocycles. The number of hydrazone groups is 1. The van der Waals surface area contributed by atoms with E-state index in [9.17, 15) is 4.79 Å². The Labute approximate surface area is 133 Å². The van der Waals surface area contributed by atoms with Gasteiger partial charge < -0.3 is 0 Å². The average Bonchev–Trinajstić information content (AvgIpc) is 2.55. The van der Waals surface area contributed by atoms with Crippen LogP contribution in [0, 0.1) is 6.92 Å². The molecule has 2 N–H and O–H groups in total. The summed E-state index contributed by atoms with van der Waals surface area (Å²) in [5, 5.41) is 4.09. The van der Waals surface area contributed by atoms with Crippen LogP contribution in [0.2, 0.25) is 0 Å². The Morgan fingerprint density at radius 2 is 1.74 bits per heavy atom. The normalized spacial score (nSPS) is 10.8. The number of aromatic nitrogens is 2. The molecule has 2 aromatic carbocycles. The van der Waals surface area contributed by atoms with Crippen LogP contribution < -0.4 is 11.0 Å². The average molecular weight is 304 g/mol. The van der Waals surface area contributed by atoms with Crippen LogP contribution in [0.1, 0.15) is 11.3 Å². The number of anilines is 1. The molecule has 0 aliphatic heterocycles. The van der Waals surface area contributed by atoms with E-state index >= 15 is 0 Å². The van der Waals surface area contributed by atoms with Crippen molar-refractivity contribution in [3.8, 4) is 11.1 Å². The maximum atomic E-state index is 11.3. The van der Waals surface area contributed by atoms with Crippen molar-refractivity contribution in [3.63, 3.8) is 0 Å². The maximum absolute atomic E-state index is 11.3. The van der Waals surface area contributed by atoms with Gasteiger partial charge in [-0.2, -0.15) is 5.10 Å². The Balaban J connectivity index is 1.69. The minimum atomic E-state index is -0.206. The minimum absolute atomic E-state index is 0.206. The molecule has 0 amide bonds. The van der Waals surface area contributed by atoms with E-state index in [1.807, 2.05) is 42.5 Å². The first-order valence-corrected chi connectivity index (χ1v) is 7.23. The van der Waals surface area contributed by atoms with Gasteiger partial charge in [0.2, 0.25) is 5.95 Å². The zero-order valence-corrected chi connectivity index (χ0v) is 12.7. The zero-order valence-electron chi connectivity index (χ0n) is 12.7. The minimum Gasteiger partial charge on any atom is -0.291 e. The molecular formula is C18H16N4O. The Morgan fingerprint density at radius 1 is 1.04 bits per heavy atom. The Bertz CT molecular complexity index is 868. The molecule has 0 bridgehead atoms. The van der Waals surface area contributed by atoms with Crippen LogP contribution in [0.5, 0.6) is 0 Å². The Morgan fingerprint density at radius 3 is 2.43 bits per heavy atom. The molecule has 0 saturated heterocycles. The van der Waals surface area contributed by atoms with Crippen molar-refractivity contribution in [1.29, 1.82) is 0 Å². The Kier molecular flexibility index (Phi) is 4.29. The van der Waals surface area contributed by atoms with Gasteiger partial charge in [-0.05, 0) is 23.6 Å². The molecule has 0 aliphatic carbocycles. The van der Waals surface area contributed by atoms with E-state index < -0.39 is 0 Å². The summed E-state index contributed by atoms with van der Waals surface area (Å²) in [6, 6.07) is 19.7. The van der Waals surface area contributed by atoms with E-state index in [1.165, 1.54) is 11.6 Å². The highest BCUT2D eigenvalue weighted by Crippen LogP contribution is 2.18. The molecule has 5 heteroatoms. The fourth-order valence-corrected chi connectivity index (χ4v) is 2.19. The highest BCUT2D eigenvalue weighted by molar-refractivity contribution is 5.81. The van der Waals surface area contributed by atoms with Crippen LogP contribution in [0.15, 0.2) is 70.6 Å². The second kappa shape index (κ2) is 6.70. The standard InChI is InChI=1S/C18H16N4O/c1-13-11-17(23)21-18(20-13)22-19-12-14-7-9-16(10-8-14)15-5-3-2-4-6-15/h2-12H,1H3,(H2,20,21,22,23)/b19-12-. The predicted octanol–water partition coefficient (Wildman–Crippen LogP) is 3.19. The highest BCUT2D eigenvalue weighted by atomic mass is 16.1. The lowest BCUT2D eigenvalue weighted by atomic mass is 10.0. The molecule has 0 spiro atoms. The molecule has 1 aromatic heterocycles. The number of hydrogen-bond donors (Lipinski definition) is 2.